The molecule has 9 nitrogen and oxygen atoms in total. The first-order valence-corrected chi connectivity index (χ1v) is 10.7. The fourth-order valence-electron chi connectivity index (χ4n) is 3.48. The molecule has 0 radical (unpaired) electrons. The van der Waals surface area contributed by atoms with Gasteiger partial charge in [0.15, 0.2) is 0 Å². The second-order valence-corrected chi connectivity index (χ2v) is 7.93. The molecule has 0 saturated carbocycles. The monoisotopic (exact) mass is 453 g/mol. The Morgan fingerprint density at radius 3 is 2.33 bits per heavy atom. The van der Waals surface area contributed by atoms with E-state index in [1.807, 2.05) is 30.3 Å². The molecule has 3 amide bonds. The van der Waals surface area contributed by atoms with Crippen molar-refractivity contribution in [1.29, 1.82) is 0 Å². The molecule has 1 aliphatic heterocycles. The quantitative estimate of drug-likeness (QED) is 0.539. The average molecular weight is 453 g/mol. The molecular formula is C24H27N3O6. The van der Waals surface area contributed by atoms with E-state index in [1.165, 1.54) is 0 Å². The van der Waals surface area contributed by atoms with Crippen molar-refractivity contribution < 1.29 is 29.0 Å². The normalized spacial score (nSPS) is 21.6. The summed E-state index contributed by atoms with van der Waals surface area (Å²) in [6.45, 7) is 1.88. The van der Waals surface area contributed by atoms with Gasteiger partial charge < -0.3 is 25.8 Å². The molecular weight excluding hydrogens is 426 g/mol. The number of aliphatic carboxylic acids is 1. The highest BCUT2D eigenvalue weighted by Crippen LogP contribution is 2.19. The van der Waals surface area contributed by atoms with Gasteiger partial charge in [0.1, 0.15) is 24.4 Å². The van der Waals surface area contributed by atoms with E-state index in [9.17, 15) is 19.2 Å². The standard InChI is InChI=1S/C24H27N3O6/c1-15-14-33-20-10-6-5-9-17(20)22(30)26-18(11-12-21(28)29)23(31)27-19(24(32)25-15)13-16-7-3-2-4-8-16/h2-10,15,18-19H,11-14H2,1H3,(H,25,32)(H,26,30)(H,27,31)(H,28,29)/t15-,18+,19+/m1/s1. The Balaban J connectivity index is 1.91. The van der Waals surface area contributed by atoms with Gasteiger partial charge in [-0.15, -0.1) is 0 Å². The van der Waals surface area contributed by atoms with E-state index >= 15 is 0 Å². The van der Waals surface area contributed by atoms with Crippen molar-refractivity contribution in [3.05, 3.63) is 65.7 Å². The molecule has 0 saturated heterocycles. The van der Waals surface area contributed by atoms with E-state index in [4.69, 9.17) is 9.84 Å². The fourth-order valence-corrected chi connectivity index (χ4v) is 3.48. The van der Waals surface area contributed by atoms with Crippen molar-refractivity contribution in [3.63, 3.8) is 0 Å². The third-order valence-electron chi connectivity index (χ3n) is 5.19. The van der Waals surface area contributed by atoms with Crippen molar-refractivity contribution in [1.82, 2.24) is 16.0 Å². The van der Waals surface area contributed by atoms with Gasteiger partial charge in [0.05, 0.1) is 11.6 Å². The maximum atomic E-state index is 13.1. The summed E-state index contributed by atoms with van der Waals surface area (Å²) < 4.78 is 5.77. The largest absolute Gasteiger partial charge is 0.491 e. The molecule has 1 aliphatic rings. The zero-order chi connectivity index (χ0) is 23.8. The molecule has 1 heterocycles. The van der Waals surface area contributed by atoms with Gasteiger partial charge in [-0.25, -0.2) is 0 Å². The van der Waals surface area contributed by atoms with Crippen LogP contribution in [0.4, 0.5) is 0 Å². The molecule has 174 valence electrons. The molecule has 0 fully saturated rings. The SMILES string of the molecule is C[C@@H]1COc2ccccc2C(=O)N[C@@H](CCC(=O)O)C(=O)N[C@@H](Cc2ccccc2)C(=O)N1. The molecule has 2 aromatic carbocycles. The van der Waals surface area contributed by atoms with Crippen LogP contribution in [0.5, 0.6) is 5.75 Å². The van der Waals surface area contributed by atoms with Crippen molar-refractivity contribution in [2.24, 2.45) is 0 Å². The van der Waals surface area contributed by atoms with Crippen LogP contribution in [0.3, 0.4) is 0 Å². The molecule has 33 heavy (non-hydrogen) atoms. The lowest BCUT2D eigenvalue weighted by molar-refractivity contribution is -0.137. The average Bonchev–Trinajstić information content (AvgIpc) is 2.80. The summed E-state index contributed by atoms with van der Waals surface area (Å²) in [6.07, 6.45) is -0.235. The minimum Gasteiger partial charge on any atom is -0.491 e. The number of carboxylic acid groups (broad SMARTS) is 1. The third-order valence-corrected chi connectivity index (χ3v) is 5.19. The first-order chi connectivity index (χ1) is 15.8. The Morgan fingerprint density at radius 1 is 0.939 bits per heavy atom. The molecule has 3 atom stereocenters. The Labute approximate surface area is 191 Å². The number of rotatable bonds is 5. The van der Waals surface area contributed by atoms with Gasteiger partial charge >= 0.3 is 5.97 Å². The van der Waals surface area contributed by atoms with Gasteiger partial charge in [-0.3, -0.25) is 19.2 Å². The number of carboxylic acids is 1. The van der Waals surface area contributed by atoms with Gasteiger partial charge in [0.2, 0.25) is 11.8 Å². The Hall–Kier alpha value is -3.88. The van der Waals surface area contributed by atoms with E-state index in [2.05, 4.69) is 16.0 Å². The van der Waals surface area contributed by atoms with Crippen LogP contribution in [0.2, 0.25) is 0 Å². The van der Waals surface area contributed by atoms with Crippen molar-refractivity contribution in [2.45, 2.75) is 44.3 Å². The predicted octanol–water partition coefficient (Wildman–Crippen LogP) is 1.27. The van der Waals surface area contributed by atoms with Crippen LogP contribution < -0.4 is 20.7 Å². The number of hydrogen-bond donors (Lipinski definition) is 4. The van der Waals surface area contributed by atoms with E-state index in [0.29, 0.717) is 5.75 Å². The van der Waals surface area contributed by atoms with Crippen LogP contribution in [0.15, 0.2) is 54.6 Å². The zero-order valence-electron chi connectivity index (χ0n) is 18.2. The highest BCUT2D eigenvalue weighted by atomic mass is 16.5. The molecule has 0 bridgehead atoms. The van der Waals surface area contributed by atoms with Gasteiger partial charge in [-0.2, -0.15) is 0 Å². The van der Waals surface area contributed by atoms with Crippen molar-refractivity contribution in [2.75, 3.05) is 6.61 Å². The number of benzene rings is 2. The number of para-hydroxylation sites is 1. The first-order valence-electron chi connectivity index (χ1n) is 10.7. The van der Waals surface area contributed by atoms with Crippen LogP contribution in [-0.2, 0) is 20.8 Å². The predicted molar refractivity (Wildman–Crippen MR) is 120 cm³/mol. The highest BCUT2D eigenvalue weighted by molar-refractivity contribution is 6.00. The summed E-state index contributed by atoms with van der Waals surface area (Å²) in [7, 11) is 0. The third kappa shape index (κ3) is 6.80. The van der Waals surface area contributed by atoms with Crippen LogP contribution in [0, 0.1) is 0 Å². The summed E-state index contributed by atoms with van der Waals surface area (Å²) in [5.74, 6) is -2.41. The van der Waals surface area contributed by atoms with Gasteiger partial charge in [0.25, 0.3) is 5.91 Å². The smallest absolute Gasteiger partial charge is 0.303 e. The number of carbonyl (C=O) groups excluding carboxylic acids is 3. The molecule has 0 aliphatic carbocycles. The second kappa shape index (κ2) is 11.1. The summed E-state index contributed by atoms with van der Waals surface area (Å²) >= 11 is 0. The lowest BCUT2D eigenvalue weighted by Gasteiger charge is -2.24. The Morgan fingerprint density at radius 2 is 1.61 bits per heavy atom. The van der Waals surface area contributed by atoms with E-state index in [1.54, 1.807) is 31.2 Å². The fraction of sp³-hybridized carbons (Fsp3) is 0.333. The number of hydrogen-bond acceptors (Lipinski definition) is 5. The van der Waals surface area contributed by atoms with Gasteiger partial charge in [0, 0.05) is 12.8 Å². The zero-order valence-corrected chi connectivity index (χ0v) is 18.2. The molecule has 0 aromatic heterocycles. The molecule has 4 N–H and O–H groups in total. The Kier molecular flexibility index (Phi) is 8.01. The lowest BCUT2D eigenvalue weighted by Crippen LogP contribution is -2.55. The van der Waals surface area contributed by atoms with Crippen LogP contribution in [-0.4, -0.2) is 53.5 Å². The topological polar surface area (TPSA) is 134 Å². The molecule has 3 rings (SSSR count). The van der Waals surface area contributed by atoms with Crippen LogP contribution in [0.1, 0.15) is 35.7 Å². The van der Waals surface area contributed by atoms with Crippen molar-refractivity contribution in [3.8, 4) is 5.75 Å². The minimum absolute atomic E-state index is 0.116. The van der Waals surface area contributed by atoms with E-state index in [-0.39, 0.29) is 31.4 Å². The van der Waals surface area contributed by atoms with E-state index < -0.39 is 41.8 Å². The number of nitrogens with one attached hydrogen (secondary N) is 3. The molecule has 9 heteroatoms. The minimum atomic E-state index is -1.15. The summed E-state index contributed by atoms with van der Waals surface area (Å²) in [5, 5.41) is 17.2. The van der Waals surface area contributed by atoms with Gasteiger partial charge in [-0.1, -0.05) is 42.5 Å². The number of amides is 3. The lowest BCUT2D eigenvalue weighted by atomic mass is 10.0. The Bertz CT molecular complexity index is 1010. The van der Waals surface area contributed by atoms with Gasteiger partial charge in [-0.05, 0) is 31.0 Å². The molecule has 2 aromatic rings. The maximum Gasteiger partial charge on any atom is 0.303 e. The second-order valence-electron chi connectivity index (χ2n) is 7.93. The van der Waals surface area contributed by atoms with E-state index in [0.717, 1.165) is 5.56 Å². The molecule has 0 spiro atoms. The highest BCUT2D eigenvalue weighted by Gasteiger charge is 2.29. The summed E-state index contributed by atoms with van der Waals surface area (Å²) in [6, 6.07) is 13.3. The number of fused-ring (bicyclic) bond motifs is 1. The van der Waals surface area contributed by atoms with Crippen molar-refractivity contribution >= 4 is 23.7 Å². The number of carbonyl (C=O) groups is 4. The summed E-state index contributed by atoms with van der Waals surface area (Å²) in [4.78, 5) is 50.1. The molecule has 0 unspecified atom stereocenters. The number of ether oxygens (including phenoxy) is 1. The summed E-state index contributed by atoms with van der Waals surface area (Å²) in [5.41, 5.74) is 1.05. The first kappa shape index (κ1) is 23.8. The maximum absolute atomic E-state index is 13.1. The van der Waals surface area contributed by atoms with Crippen LogP contribution >= 0.6 is 0 Å². The van der Waals surface area contributed by atoms with Crippen LogP contribution in [0.25, 0.3) is 0 Å².